The van der Waals surface area contributed by atoms with E-state index in [2.05, 4.69) is 45.3 Å². The van der Waals surface area contributed by atoms with Crippen molar-refractivity contribution in [1.82, 2.24) is 20.2 Å². The largest absolute Gasteiger partial charge is 0.356 e. The molecule has 166 valence electrons. The number of anilines is 1. The van der Waals surface area contributed by atoms with Crippen LogP contribution in [0.4, 0.5) is 5.82 Å². The Hall–Kier alpha value is -2.47. The van der Waals surface area contributed by atoms with E-state index in [4.69, 9.17) is 0 Å². The minimum absolute atomic E-state index is 0.135. The van der Waals surface area contributed by atoms with Gasteiger partial charge in [-0.05, 0) is 75.8 Å². The number of hydrogen-bond acceptors (Lipinski definition) is 5. The van der Waals surface area contributed by atoms with Crippen LogP contribution < -0.4 is 10.2 Å². The maximum Gasteiger partial charge on any atom is 0.253 e. The summed E-state index contributed by atoms with van der Waals surface area (Å²) in [5, 5.41) is 3.63. The summed E-state index contributed by atoms with van der Waals surface area (Å²) in [6.45, 7) is 8.98. The third-order valence-electron chi connectivity index (χ3n) is 6.72. The van der Waals surface area contributed by atoms with Gasteiger partial charge in [-0.1, -0.05) is 13.0 Å². The monoisotopic (exact) mass is 421 g/mol. The molecule has 1 aromatic heterocycles. The van der Waals surface area contributed by atoms with Crippen molar-refractivity contribution in [3.8, 4) is 0 Å². The standard InChI is InChI=1S/C25H35N5O/c1-5-12-26-23-9-8-19-6-7-20(16-22(19)23)25(31)29(4)21-10-13-30(14-11-21)24-15-17(2)27-18(3)28-24/h6-7,15-16,21,23,26H,5,8-14H2,1-4H3. The van der Waals surface area contributed by atoms with E-state index in [1.807, 2.05) is 31.9 Å². The number of amides is 1. The molecule has 0 bridgehead atoms. The highest BCUT2D eigenvalue weighted by Gasteiger charge is 2.28. The van der Waals surface area contributed by atoms with E-state index in [1.54, 1.807) is 0 Å². The lowest BCUT2D eigenvalue weighted by molar-refractivity contribution is 0.0709. The SMILES string of the molecule is CCCNC1CCc2ccc(C(=O)N(C)C3CCN(c4cc(C)nc(C)n4)CC3)cc21. The molecule has 6 heteroatoms. The molecule has 6 nitrogen and oxygen atoms in total. The molecule has 0 radical (unpaired) electrons. The smallest absolute Gasteiger partial charge is 0.253 e. The van der Waals surface area contributed by atoms with Crippen LogP contribution in [0.2, 0.25) is 0 Å². The first kappa shape index (κ1) is 21.8. The third-order valence-corrected chi connectivity index (χ3v) is 6.72. The van der Waals surface area contributed by atoms with Crippen molar-refractivity contribution < 1.29 is 4.79 Å². The van der Waals surface area contributed by atoms with Gasteiger partial charge in [0.15, 0.2) is 0 Å². The van der Waals surface area contributed by atoms with Crippen molar-refractivity contribution in [3.63, 3.8) is 0 Å². The molecule has 1 atom stereocenters. The molecule has 31 heavy (non-hydrogen) atoms. The van der Waals surface area contributed by atoms with Crippen LogP contribution in [-0.2, 0) is 6.42 Å². The van der Waals surface area contributed by atoms with Crippen molar-refractivity contribution in [2.75, 3.05) is 31.6 Å². The van der Waals surface area contributed by atoms with Gasteiger partial charge < -0.3 is 15.1 Å². The Morgan fingerprint density at radius 3 is 2.65 bits per heavy atom. The second kappa shape index (κ2) is 9.35. The molecule has 1 aliphatic carbocycles. The number of hydrogen-bond donors (Lipinski definition) is 1. The zero-order valence-electron chi connectivity index (χ0n) is 19.3. The minimum atomic E-state index is 0.135. The lowest BCUT2D eigenvalue weighted by Crippen LogP contribution is -2.46. The molecule has 1 aromatic carbocycles. The second-order valence-corrected chi connectivity index (χ2v) is 9.01. The third kappa shape index (κ3) is 4.74. The van der Waals surface area contributed by atoms with Gasteiger partial charge in [-0.15, -0.1) is 0 Å². The number of fused-ring (bicyclic) bond motifs is 1. The van der Waals surface area contributed by atoms with E-state index in [-0.39, 0.29) is 11.9 Å². The molecule has 1 saturated heterocycles. The predicted molar refractivity (Wildman–Crippen MR) is 125 cm³/mol. The van der Waals surface area contributed by atoms with Crippen molar-refractivity contribution >= 4 is 11.7 Å². The Morgan fingerprint density at radius 2 is 1.94 bits per heavy atom. The lowest BCUT2D eigenvalue weighted by atomic mass is 10.0. The van der Waals surface area contributed by atoms with E-state index >= 15 is 0 Å². The molecule has 2 heterocycles. The van der Waals surface area contributed by atoms with Gasteiger partial charge >= 0.3 is 0 Å². The summed E-state index contributed by atoms with van der Waals surface area (Å²) >= 11 is 0. The number of carbonyl (C=O) groups excluding carboxylic acids is 1. The molecular formula is C25H35N5O. The van der Waals surface area contributed by atoms with Gasteiger partial charge in [-0.2, -0.15) is 0 Å². The highest BCUT2D eigenvalue weighted by molar-refractivity contribution is 5.94. The number of nitrogens with zero attached hydrogens (tertiary/aromatic N) is 4. The molecule has 2 aliphatic rings. The van der Waals surface area contributed by atoms with Gasteiger partial charge in [0, 0.05) is 49.5 Å². The Labute approximate surface area is 186 Å². The second-order valence-electron chi connectivity index (χ2n) is 9.01. The molecule has 0 spiro atoms. The van der Waals surface area contributed by atoms with Crippen LogP contribution in [0.1, 0.15) is 71.7 Å². The van der Waals surface area contributed by atoms with Gasteiger partial charge in [0.1, 0.15) is 11.6 Å². The van der Waals surface area contributed by atoms with E-state index in [0.717, 1.165) is 74.6 Å². The summed E-state index contributed by atoms with van der Waals surface area (Å²) in [4.78, 5) is 26.5. The summed E-state index contributed by atoms with van der Waals surface area (Å²) in [6, 6.07) is 9.01. The fourth-order valence-electron chi connectivity index (χ4n) is 4.98. The van der Waals surface area contributed by atoms with E-state index in [9.17, 15) is 4.79 Å². The Morgan fingerprint density at radius 1 is 1.16 bits per heavy atom. The average Bonchev–Trinajstić information content (AvgIpc) is 3.18. The van der Waals surface area contributed by atoms with Gasteiger partial charge in [-0.25, -0.2) is 9.97 Å². The van der Waals surface area contributed by atoms with Crippen LogP contribution in [0, 0.1) is 13.8 Å². The summed E-state index contributed by atoms with van der Waals surface area (Å²) in [5.74, 6) is 1.95. The van der Waals surface area contributed by atoms with Crippen molar-refractivity contribution in [2.45, 2.75) is 65.0 Å². The number of piperidine rings is 1. The Balaban J connectivity index is 1.40. The van der Waals surface area contributed by atoms with E-state index in [1.165, 1.54) is 11.1 Å². The molecule has 4 rings (SSSR count). The molecule has 1 aliphatic heterocycles. The van der Waals surface area contributed by atoms with Crippen LogP contribution in [-0.4, -0.2) is 53.5 Å². The van der Waals surface area contributed by atoms with Gasteiger partial charge in [0.05, 0.1) is 0 Å². The zero-order chi connectivity index (χ0) is 22.0. The first-order valence-electron chi connectivity index (χ1n) is 11.7. The quantitative estimate of drug-likeness (QED) is 0.768. The van der Waals surface area contributed by atoms with Crippen LogP contribution in [0.15, 0.2) is 24.3 Å². The zero-order valence-corrected chi connectivity index (χ0v) is 19.3. The lowest BCUT2D eigenvalue weighted by Gasteiger charge is -2.37. The maximum atomic E-state index is 13.3. The molecular weight excluding hydrogens is 386 g/mol. The molecule has 0 saturated carbocycles. The number of aryl methyl sites for hydroxylation is 3. The van der Waals surface area contributed by atoms with Crippen LogP contribution in [0.5, 0.6) is 0 Å². The Kier molecular flexibility index (Phi) is 6.56. The number of aromatic nitrogens is 2. The van der Waals surface area contributed by atoms with Gasteiger partial charge in [0.25, 0.3) is 5.91 Å². The maximum absolute atomic E-state index is 13.3. The number of rotatable bonds is 6. The summed E-state index contributed by atoms with van der Waals surface area (Å²) < 4.78 is 0. The first-order chi connectivity index (χ1) is 15.0. The van der Waals surface area contributed by atoms with Crippen LogP contribution in [0.25, 0.3) is 0 Å². The summed E-state index contributed by atoms with van der Waals surface area (Å²) in [5.41, 5.74) is 4.52. The van der Waals surface area contributed by atoms with Crippen LogP contribution >= 0.6 is 0 Å². The fraction of sp³-hybridized carbons (Fsp3) is 0.560. The predicted octanol–water partition coefficient (Wildman–Crippen LogP) is 3.82. The van der Waals surface area contributed by atoms with Crippen molar-refractivity contribution in [3.05, 3.63) is 52.5 Å². The summed E-state index contributed by atoms with van der Waals surface area (Å²) in [7, 11) is 1.96. The Bertz CT molecular complexity index is 915. The van der Waals surface area contributed by atoms with Crippen molar-refractivity contribution in [1.29, 1.82) is 0 Å². The molecule has 1 fully saturated rings. The molecule has 1 amide bonds. The van der Waals surface area contributed by atoms with E-state index in [0.29, 0.717) is 6.04 Å². The topological polar surface area (TPSA) is 61.4 Å². The van der Waals surface area contributed by atoms with Crippen LogP contribution in [0.3, 0.4) is 0 Å². The highest BCUT2D eigenvalue weighted by atomic mass is 16.2. The molecule has 1 N–H and O–H groups in total. The van der Waals surface area contributed by atoms with E-state index < -0.39 is 0 Å². The van der Waals surface area contributed by atoms with Crippen molar-refractivity contribution in [2.24, 2.45) is 0 Å². The fourth-order valence-corrected chi connectivity index (χ4v) is 4.98. The first-order valence-corrected chi connectivity index (χ1v) is 11.7. The summed E-state index contributed by atoms with van der Waals surface area (Å²) in [6.07, 6.45) is 5.26. The normalized spacial score (nSPS) is 18.8. The average molecular weight is 422 g/mol. The highest BCUT2D eigenvalue weighted by Crippen LogP contribution is 2.32. The van der Waals surface area contributed by atoms with Gasteiger partial charge in [-0.3, -0.25) is 4.79 Å². The van der Waals surface area contributed by atoms with Gasteiger partial charge in [0.2, 0.25) is 0 Å². The molecule has 1 unspecified atom stereocenters. The number of nitrogens with one attached hydrogen (secondary N) is 1. The molecule has 2 aromatic rings. The number of carbonyl (C=O) groups is 1. The number of benzene rings is 1. The minimum Gasteiger partial charge on any atom is -0.356 e.